The number of amides is 1. The van der Waals surface area contributed by atoms with Gasteiger partial charge in [-0.1, -0.05) is 51.1 Å². The van der Waals surface area contributed by atoms with Gasteiger partial charge in [0.1, 0.15) is 30.7 Å². The first kappa shape index (κ1) is 58.0. The largest absolute Gasteiger partial charge is 0.459 e. The van der Waals surface area contributed by atoms with Gasteiger partial charge >= 0.3 is 17.9 Å². The summed E-state index contributed by atoms with van der Waals surface area (Å²) < 4.78 is 49.8. The highest BCUT2D eigenvalue weighted by Crippen LogP contribution is 2.39. The Morgan fingerprint density at radius 2 is 1.62 bits per heavy atom. The number of ether oxygens (including phenoxy) is 8. The van der Waals surface area contributed by atoms with Gasteiger partial charge in [0.15, 0.2) is 24.3 Å². The van der Waals surface area contributed by atoms with Crippen molar-refractivity contribution in [2.75, 3.05) is 40.8 Å². The summed E-state index contributed by atoms with van der Waals surface area (Å²) in [6, 6.07) is 9.24. The van der Waals surface area contributed by atoms with Gasteiger partial charge in [-0.3, -0.25) is 19.2 Å². The highest BCUT2D eigenvalue weighted by molar-refractivity contribution is 5.77. The van der Waals surface area contributed by atoms with Gasteiger partial charge in [0.05, 0.1) is 36.9 Å². The van der Waals surface area contributed by atoms with Crippen molar-refractivity contribution in [3.05, 3.63) is 35.9 Å². The predicted octanol–water partition coefficient (Wildman–Crippen LogP) is 4.12. The first-order valence-corrected chi connectivity index (χ1v) is 25.0. The molecular formula is C51H83N3O15. The second kappa shape index (κ2) is 27.9. The van der Waals surface area contributed by atoms with E-state index < -0.39 is 103 Å². The van der Waals surface area contributed by atoms with E-state index in [1.807, 2.05) is 32.0 Å². The second-order valence-corrected chi connectivity index (χ2v) is 19.7. The molecule has 392 valence electrons. The Morgan fingerprint density at radius 1 is 0.942 bits per heavy atom. The van der Waals surface area contributed by atoms with Crippen LogP contribution in [0.3, 0.4) is 0 Å². The number of methoxy groups -OCH3 is 1. The van der Waals surface area contributed by atoms with Crippen molar-refractivity contribution in [1.29, 1.82) is 0 Å². The minimum Gasteiger partial charge on any atom is -0.459 e. The smallest absolute Gasteiger partial charge is 0.306 e. The zero-order valence-electron chi connectivity index (χ0n) is 42.9. The number of aryl methyl sites for hydroxylation is 1. The summed E-state index contributed by atoms with van der Waals surface area (Å²) in [7, 11) is 4.93. The van der Waals surface area contributed by atoms with Crippen LogP contribution in [-0.2, 0) is 68.3 Å². The molecule has 18 nitrogen and oxygen atoms in total. The van der Waals surface area contributed by atoms with Gasteiger partial charge in [0.25, 0.3) is 0 Å². The van der Waals surface area contributed by atoms with Gasteiger partial charge in [-0.05, 0) is 97.8 Å². The van der Waals surface area contributed by atoms with Crippen molar-refractivity contribution >= 4 is 30.1 Å². The first-order valence-electron chi connectivity index (χ1n) is 25.0. The number of rotatable bonds is 18. The molecule has 4 rings (SSSR count). The number of benzene rings is 1. The summed E-state index contributed by atoms with van der Waals surface area (Å²) in [5.74, 6) is -3.07. The first-order chi connectivity index (χ1) is 32.7. The number of nitrogens with zero attached hydrogens (tertiary/aromatic N) is 2. The number of aliphatic hydroxyl groups excluding tert-OH is 2. The predicted molar refractivity (Wildman–Crippen MR) is 254 cm³/mol. The lowest BCUT2D eigenvalue weighted by molar-refractivity contribution is -0.344. The Labute approximate surface area is 409 Å². The summed E-state index contributed by atoms with van der Waals surface area (Å²) in [5, 5.41) is 27.3. The molecule has 3 aliphatic rings. The quantitative estimate of drug-likeness (QED) is 0.0816. The van der Waals surface area contributed by atoms with Crippen LogP contribution in [-0.4, -0.2) is 176 Å². The van der Waals surface area contributed by atoms with Gasteiger partial charge in [-0.2, -0.15) is 0 Å². The van der Waals surface area contributed by atoms with Crippen LogP contribution in [0.5, 0.6) is 0 Å². The molecule has 3 fully saturated rings. The average molecular weight is 978 g/mol. The highest BCUT2D eigenvalue weighted by atomic mass is 16.7. The number of carbonyl (C=O) groups excluding carboxylic acids is 5. The molecule has 3 N–H and O–H groups in total. The molecule has 0 saturated carbocycles. The number of likely N-dealkylation sites (N-methyl/N-ethyl adjacent to an activating group) is 1. The van der Waals surface area contributed by atoms with E-state index in [1.54, 1.807) is 53.6 Å². The van der Waals surface area contributed by atoms with Crippen LogP contribution < -0.4 is 5.32 Å². The van der Waals surface area contributed by atoms with Crippen LogP contribution >= 0.6 is 0 Å². The molecule has 16 atom stereocenters. The third kappa shape index (κ3) is 17.0. The maximum atomic E-state index is 13.9. The lowest BCUT2D eigenvalue weighted by Gasteiger charge is -2.50. The van der Waals surface area contributed by atoms with E-state index in [0.717, 1.165) is 32.1 Å². The minimum atomic E-state index is -1.41. The second-order valence-electron chi connectivity index (χ2n) is 19.7. The van der Waals surface area contributed by atoms with Crippen LogP contribution in [0.4, 0.5) is 0 Å². The third-order valence-corrected chi connectivity index (χ3v) is 13.7. The van der Waals surface area contributed by atoms with E-state index in [2.05, 4.69) is 22.3 Å². The third-order valence-electron chi connectivity index (χ3n) is 13.7. The SMILES string of the molecule is CCC(=O)O[C@@H]1CC(=O)NC(C)CCN(CCCCc2ccccc2)C[C@H](O)[C@H](C)C[C@H](CC=O)[C@H](O[C@@H]2OC(C)[C@@H](O[C@H]3CC(C)(OC(C)=O)[C@@H](OC(=O)CC)C(C)O3)C(N(C)C)C2O)[C@H]1OC. The Kier molecular flexibility index (Phi) is 23.4. The Bertz CT molecular complexity index is 1760. The zero-order chi connectivity index (χ0) is 51.0. The summed E-state index contributed by atoms with van der Waals surface area (Å²) in [4.78, 5) is 68.4. The van der Waals surface area contributed by atoms with Crippen molar-refractivity contribution in [1.82, 2.24) is 15.1 Å². The van der Waals surface area contributed by atoms with Gasteiger partial charge in [0.2, 0.25) is 5.91 Å². The van der Waals surface area contributed by atoms with Gasteiger partial charge in [-0.15, -0.1) is 0 Å². The molecule has 0 aromatic heterocycles. The van der Waals surface area contributed by atoms with Crippen molar-refractivity contribution in [2.45, 2.75) is 205 Å². The molecule has 1 aromatic rings. The molecule has 18 heteroatoms. The maximum Gasteiger partial charge on any atom is 0.306 e. The van der Waals surface area contributed by atoms with Gasteiger partial charge < -0.3 is 68.0 Å². The lowest BCUT2D eigenvalue weighted by atomic mass is 9.82. The number of carbonyl (C=O) groups is 5. The fraction of sp³-hybridized carbons (Fsp3) is 0.784. The fourth-order valence-corrected chi connectivity index (χ4v) is 10.1. The molecule has 6 unspecified atom stereocenters. The van der Waals surface area contributed by atoms with E-state index >= 15 is 0 Å². The van der Waals surface area contributed by atoms with E-state index in [1.165, 1.54) is 19.6 Å². The van der Waals surface area contributed by atoms with Crippen LogP contribution in [0.25, 0.3) is 0 Å². The number of hydrogen-bond acceptors (Lipinski definition) is 17. The normalized spacial score (nSPS) is 35.5. The van der Waals surface area contributed by atoms with Crippen LogP contribution in [0.1, 0.15) is 119 Å². The topological polar surface area (TPSA) is 218 Å². The molecule has 0 aliphatic carbocycles. The minimum absolute atomic E-state index is 0.0107. The van der Waals surface area contributed by atoms with Crippen molar-refractivity contribution in [3.63, 3.8) is 0 Å². The maximum absolute atomic E-state index is 13.9. The molecule has 0 spiro atoms. The summed E-state index contributed by atoms with van der Waals surface area (Å²) >= 11 is 0. The number of nitrogens with one attached hydrogen (secondary N) is 1. The number of β-amino-alcohol motifs (C(OH)–C–C–N with tert-alkyl or cyclic N) is 1. The lowest BCUT2D eigenvalue weighted by Crippen LogP contribution is -2.66. The van der Waals surface area contributed by atoms with E-state index in [4.69, 9.17) is 37.9 Å². The molecule has 0 radical (unpaired) electrons. The van der Waals surface area contributed by atoms with Crippen LogP contribution in [0.15, 0.2) is 30.3 Å². The standard InChI is InChI=1S/C51H83N3O15/c1-12-41(59)65-39-28-40(58)52-32(4)22-25-54(24-18-17-21-36-19-15-14-16-20-36)30-38(57)31(3)27-37(23-26-55)47(48(39)62-11)68-50-45(61)44(53(9)10)46(33(5)64-50)67-43-29-51(8,69-35(7)56)49(34(6)63-43)66-42(60)13-2/h14-16,19-20,26,31-34,37-39,43-50,57,61H,12-13,17-18,21-25,27-30H2,1-11H3,(H,52,58)/t31-,32?,33?,34?,37+,38+,39-,43+,44?,45?,46-,47+,48+,49+,50+,51?/m1/s1. The Balaban J connectivity index is 1.66. The molecule has 69 heavy (non-hydrogen) atoms. The summed E-state index contributed by atoms with van der Waals surface area (Å²) in [6.45, 7) is 15.2. The molecular weight excluding hydrogens is 895 g/mol. The van der Waals surface area contributed by atoms with Crippen molar-refractivity contribution < 1.29 is 72.1 Å². The molecule has 3 saturated heterocycles. The molecule has 3 aliphatic heterocycles. The number of esters is 3. The zero-order valence-corrected chi connectivity index (χ0v) is 42.9. The number of aliphatic hydroxyl groups is 2. The van der Waals surface area contributed by atoms with Crippen LogP contribution in [0.2, 0.25) is 0 Å². The molecule has 1 amide bonds. The highest BCUT2D eigenvalue weighted by Gasteiger charge is 2.54. The number of hydrogen-bond donors (Lipinski definition) is 3. The fourth-order valence-electron chi connectivity index (χ4n) is 10.1. The molecule has 0 bridgehead atoms. The van der Waals surface area contributed by atoms with E-state index in [0.29, 0.717) is 19.5 Å². The number of aldehydes is 1. The monoisotopic (exact) mass is 978 g/mol. The van der Waals surface area contributed by atoms with E-state index in [-0.39, 0.29) is 56.4 Å². The van der Waals surface area contributed by atoms with Crippen LogP contribution in [0, 0.1) is 11.8 Å². The average Bonchev–Trinajstić information content (AvgIpc) is 3.28. The molecule has 1 aromatic carbocycles. The van der Waals surface area contributed by atoms with Crippen molar-refractivity contribution in [3.8, 4) is 0 Å². The van der Waals surface area contributed by atoms with E-state index in [9.17, 15) is 34.2 Å². The Hall–Kier alpha value is -3.59. The number of unbranched alkanes of at least 4 members (excludes halogenated alkanes) is 1. The van der Waals surface area contributed by atoms with Crippen molar-refractivity contribution in [2.24, 2.45) is 11.8 Å². The summed E-state index contributed by atoms with van der Waals surface area (Å²) in [5.41, 5.74) is -0.0523. The Morgan fingerprint density at radius 3 is 2.25 bits per heavy atom. The summed E-state index contributed by atoms with van der Waals surface area (Å²) in [6.07, 6.45) is -7.17. The molecule has 3 heterocycles. The van der Waals surface area contributed by atoms with Gasteiger partial charge in [-0.25, -0.2) is 0 Å². The van der Waals surface area contributed by atoms with Gasteiger partial charge in [0, 0.05) is 58.8 Å².